The molecule has 2 aromatic heterocycles. The Bertz CT molecular complexity index is 3150. The van der Waals surface area contributed by atoms with E-state index in [1.54, 1.807) is 0 Å². The molecule has 3 heterocycles. The van der Waals surface area contributed by atoms with E-state index in [0.29, 0.717) is 6.67 Å². The van der Waals surface area contributed by atoms with Gasteiger partial charge in [-0.25, -0.2) is 4.98 Å². The highest BCUT2D eigenvalue weighted by Crippen LogP contribution is 2.45. The quantitative estimate of drug-likeness (QED) is 0.152. The first-order valence-corrected chi connectivity index (χ1v) is 24.4. The molecule has 0 N–H and O–H groups in total. The average molecular weight is 899 g/mol. The number of hydrogen-bond donors (Lipinski definition) is 0. The minimum Gasteiger partial charge on any atom is -0.457 e. The van der Waals surface area contributed by atoms with Gasteiger partial charge in [-0.3, -0.25) is 4.57 Å². The zero-order valence-electron chi connectivity index (χ0n) is 42.9. The van der Waals surface area contributed by atoms with E-state index in [1.807, 2.05) is 6.20 Å². The van der Waals surface area contributed by atoms with E-state index < -0.39 is 0 Å². The molecule has 0 spiro atoms. The van der Waals surface area contributed by atoms with Crippen LogP contribution in [-0.2, 0) is 21.7 Å². The van der Waals surface area contributed by atoms with E-state index >= 15 is 0 Å². The van der Waals surface area contributed by atoms with Crippen LogP contribution in [0, 0.1) is 5.41 Å². The number of fused-ring (bicyclic) bond motifs is 3. The van der Waals surface area contributed by atoms with Crippen molar-refractivity contribution >= 4 is 33.2 Å². The monoisotopic (exact) mass is 899 g/mol. The van der Waals surface area contributed by atoms with Gasteiger partial charge in [-0.2, -0.15) is 0 Å². The lowest BCUT2D eigenvalue weighted by Crippen LogP contribution is -2.31. The molecule has 0 fully saturated rings. The second kappa shape index (κ2) is 16.9. The maximum atomic E-state index is 7.16. The predicted octanol–water partition coefficient (Wildman–Crippen LogP) is 17.0. The smallest absolute Gasteiger partial charge is 0.137 e. The average Bonchev–Trinajstić information content (AvgIpc) is 3.89. The number of aromatic nitrogens is 2. The molecule has 68 heavy (non-hydrogen) atoms. The fourth-order valence-electron chi connectivity index (χ4n) is 9.55. The van der Waals surface area contributed by atoms with Crippen LogP contribution in [0.2, 0.25) is 0 Å². The summed E-state index contributed by atoms with van der Waals surface area (Å²) in [6.45, 7) is 32.9. The largest absolute Gasteiger partial charge is 0.457 e. The van der Waals surface area contributed by atoms with Gasteiger partial charge in [0.05, 0.1) is 17.7 Å². The minimum atomic E-state index is -0.320. The van der Waals surface area contributed by atoms with Crippen molar-refractivity contribution in [2.75, 3.05) is 16.5 Å². The molecule has 0 radical (unpaired) electrons. The summed E-state index contributed by atoms with van der Waals surface area (Å²) in [7, 11) is 0. The molecule has 0 unspecified atom stereocenters. The first kappa shape index (κ1) is 46.5. The molecule has 5 nitrogen and oxygen atoms in total. The molecule has 0 bridgehead atoms. The van der Waals surface area contributed by atoms with Crippen molar-refractivity contribution in [2.24, 2.45) is 5.41 Å². The normalized spacial score (nSPS) is 14.0. The van der Waals surface area contributed by atoms with Crippen molar-refractivity contribution < 1.29 is 4.74 Å². The van der Waals surface area contributed by atoms with Crippen molar-refractivity contribution in [1.82, 2.24) is 9.55 Å². The van der Waals surface area contributed by atoms with Crippen molar-refractivity contribution in [1.29, 1.82) is 0 Å². The molecule has 348 valence electrons. The van der Waals surface area contributed by atoms with Gasteiger partial charge >= 0.3 is 0 Å². The maximum Gasteiger partial charge on any atom is 0.137 e. The van der Waals surface area contributed by atoms with E-state index in [4.69, 9.17) is 9.72 Å². The van der Waals surface area contributed by atoms with E-state index in [9.17, 15) is 0 Å². The molecule has 5 heteroatoms. The summed E-state index contributed by atoms with van der Waals surface area (Å²) < 4.78 is 9.47. The lowest BCUT2D eigenvalue weighted by atomic mass is 9.78. The van der Waals surface area contributed by atoms with E-state index in [0.717, 1.165) is 39.4 Å². The SMILES string of the molecule is CC(C)(C)C1=CN(c2cc(C(C)(C)C)cc(C(C)(C)C)c2)CN1c1cc(Oc2ccc3c4cc(-c5ccccc5)ccc4n(-c4cc(C(C)(C)C)ccn4)c3c2)cc(C(C)(C)c2ccccc2)c1. The van der Waals surface area contributed by atoms with Gasteiger partial charge < -0.3 is 14.5 Å². The van der Waals surface area contributed by atoms with Gasteiger partial charge in [0.25, 0.3) is 0 Å². The number of anilines is 2. The third kappa shape index (κ3) is 9.08. The van der Waals surface area contributed by atoms with Crippen LogP contribution in [0.1, 0.15) is 125 Å². The third-order valence-corrected chi connectivity index (χ3v) is 14.0. The van der Waals surface area contributed by atoms with Gasteiger partial charge in [0.15, 0.2) is 0 Å². The molecule has 0 saturated heterocycles. The summed E-state index contributed by atoms with van der Waals surface area (Å²) >= 11 is 0. The van der Waals surface area contributed by atoms with Crippen LogP contribution in [0.3, 0.4) is 0 Å². The topological polar surface area (TPSA) is 33.5 Å². The number of hydrogen-bond acceptors (Lipinski definition) is 4. The maximum absolute atomic E-state index is 7.16. The van der Waals surface area contributed by atoms with Gasteiger partial charge in [0.1, 0.15) is 17.3 Å². The zero-order chi connectivity index (χ0) is 48.6. The van der Waals surface area contributed by atoms with Crippen LogP contribution in [0.15, 0.2) is 164 Å². The Hall–Kier alpha value is -6.59. The van der Waals surface area contributed by atoms with Crippen LogP contribution < -0.4 is 14.5 Å². The summed E-state index contributed by atoms with van der Waals surface area (Å²) in [4.78, 5) is 9.95. The minimum absolute atomic E-state index is 0.00500. The number of benzene rings is 6. The Labute approximate surface area is 406 Å². The standard InChI is InChI=1S/C63H70N4O/c1-59(2,3)45-29-30-64-58(37-45)67-55-28-25-43(42-21-17-15-18-22-42)31-54(55)53-27-26-51(39-56(53)67)68-52-36-48(63(13,14)44-23-19-16-20-24-44)35-50(38-52)66-41-65(40-57(66)62(10,11)12)49-33-46(60(4,5)6)32-47(34-49)61(7,8)9/h15-40H,41H2,1-14H3. The molecule has 1 aliphatic rings. The van der Waals surface area contributed by atoms with E-state index in [-0.39, 0.29) is 27.1 Å². The lowest BCUT2D eigenvalue weighted by Gasteiger charge is -2.33. The number of ether oxygens (including phenoxy) is 1. The molecule has 6 aromatic carbocycles. The summed E-state index contributed by atoms with van der Waals surface area (Å²) in [5.74, 6) is 2.44. The Kier molecular flexibility index (Phi) is 11.5. The van der Waals surface area contributed by atoms with Crippen molar-refractivity contribution in [2.45, 2.75) is 119 Å². The van der Waals surface area contributed by atoms with E-state index in [1.165, 1.54) is 55.7 Å². The molecule has 0 amide bonds. The van der Waals surface area contributed by atoms with Crippen LogP contribution in [0.25, 0.3) is 38.8 Å². The molecule has 0 atom stereocenters. The van der Waals surface area contributed by atoms with E-state index in [2.05, 4.69) is 263 Å². The molecule has 8 aromatic rings. The summed E-state index contributed by atoms with van der Waals surface area (Å²) in [6, 6.07) is 53.2. The van der Waals surface area contributed by atoms with Crippen molar-refractivity contribution in [3.05, 3.63) is 192 Å². The first-order chi connectivity index (χ1) is 31.9. The molecular formula is C63H70N4O. The van der Waals surface area contributed by atoms with Crippen molar-refractivity contribution in [3.8, 4) is 28.4 Å². The molecule has 0 aliphatic carbocycles. The van der Waals surface area contributed by atoms with Crippen LogP contribution in [0.5, 0.6) is 11.5 Å². The van der Waals surface area contributed by atoms with Gasteiger partial charge in [0, 0.05) is 63.2 Å². The van der Waals surface area contributed by atoms with Crippen LogP contribution in [0.4, 0.5) is 11.4 Å². The van der Waals surface area contributed by atoms with Crippen molar-refractivity contribution in [3.63, 3.8) is 0 Å². The Morgan fingerprint density at radius 1 is 0.441 bits per heavy atom. The van der Waals surface area contributed by atoms with Gasteiger partial charge in [-0.15, -0.1) is 0 Å². The number of allylic oxidation sites excluding steroid dienone is 1. The molecule has 9 rings (SSSR count). The lowest BCUT2D eigenvalue weighted by molar-refractivity contribution is 0.478. The fourth-order valence-corrected chi connectivity index (χ4v) is 9.55. The van der Waals surface area contributed by atoms with Gasteiger partial charge in [-0.1, -0.05) is 170 Å². The summed E-state index contributed by atoms with van der Waals surface area (Å²) in [6.07, 6.45) is 4.32. The van der Waals surface area contributed by atoms with Gasteiger partial charge in [-0.05, 0) is 116 Å². The second-order valence-corrected chi connectivity index (χ2v) is 23.6. The molecule has 1 aliphatic heterocycles. The highest BCUT2D eigenvalue weighted by atomic mass is 16.5. The number of pyridine rings is 1. The zero-order valence-corrected chi connectivity index (χ0v) is 42.9. The highest BCUT2D eigenvalue weighted by molar-refractivity contribution is 6.10. The fraction of sp³-hybridized carbons (Fsp3) is 0.317. The molecular weight excluding hydrogens is 829 g/mol. The Balaban J connectivity index is 1.19. The van der Waals surface area contributed by atoms with Crippen LogP contribution in [-0.4, -0.2) is 16.2 Å². The van der Waals surface area contributed by atoms with Crippen LogP contribution >= 0.6 is 0 Å². The molecule has 0 saturated carbocycles. The summed E-state index contributed by atoms with van der Waals surface area (Å²) in [5, 5.41) is 2.32. The predicted molar refractivity (Wildman–Crippen MR) is 289 cm³/mol. The Morgan fingerprint density at radius 3 is 1.71 bits per heavy atom. The van der Waals surface area contributed by atoms with Gasteiger partial charge in [0.2, 0.25) is 0 Å². The number of nitrogens with zero attached hydrogens (tertiary/aromatic N) is 4. The second-order valence-electron chi connectivity index (χ2n) is 23.6. The Morgan fingerprint density at radius 2 is 1.07 bits per heavy atom. The first-order valence-electron chi connectivity index (χ1n) is 24.4. The number of rotatable bonds is 8. The third-order valence-electron chi connectivity index (χ3n) is 14.0. The highest BCUT2D eigenvalue weighted by Gasteiger charge is 2.34. The summed E-state index contributed by atoms with van der Waals surface area (Å²) in [5.41, 5.74) is 13.9.